The van der Waals surface area contributed by atoms with Crippen LogP contribution in [0.25, 0.3) is 0 Å². The molecule has 2 aromatic heterocycles. The first-order valence-electron chi connectivity index (χ1n) is 8.06. The number of anilines is 1. The van der Waals surface area contributed by atoms with Gasteiger partial charge in [0.15, 0.2) is 5.82 Å². The number of carbonyl (C=O) groups excluding carboxylic acids is 1. The van der Waals surface area contributed by atoms with Crippen molar-refractivity contribution in [3.05, 3.63) is 23.5 Å². The van der Waals surface area contributed by atoms with E-state index in [1.54, 1.807) is 19.9 Å². The molecule has 0 unspecified atom stereocenters. The molecule has 0 radical (unpaired) electrons. The van der Waals surface area contributed by atoms with Crippen LogP contribution in [0.2, 0.25) is 0 Å². The minimum atomic E-state index is -0.142. The number of rotatable bonds is 6. The smallest absolute Gasteiger partial charge is 0.240 e. The van der Waals surface area contributed by atoms with E-state index in [4.69, 9.17) is 9.05 Å². The first kappa shape index (κ1) is 16.6. The number of hydrogen-bond acceptors (Lipinski definition) is 8. The van der Waals surface area contributed by atoms with E-state index < -0.39 is 0 Å². The SMILES string of the molecule is Cc1cc(NC(=O)CN[C@H]2CCCN(Cc3noc(C)n3)C2)on1. The van der Waals surface area contributed by atoms with E-state index in [0.717, 1.165) is 31.6 Å². The molecule has 0 spiro atoms. The third-order valence-corrected chi connectivity index (χ3v) is 3.88. The first-order chi connectivity index (χ1) is 11.6. The maximum absolute atomic E-state index is 11.9. The molecule has 3 rings (SSSR count). The van der Waals surface area contributed by atoms with Gasteiger partial charge < -0.3 is 14.4 Å². The summed E-state index contributed by atoms with van der Waals surface area (Å²) in [7, 11) is 0. The molecule has 2 N–H and O–H groups in total. The van der Waals surface area contributed by atoms with Crippen LogP contribution >= 0.6 is 0 Å². The van der Waals surface area contributed by atoms with Crippen LogP contribution in [-0.2, 0) is 11.3 Å². The van der Waals surface area contributed by atoms with E-state index in [1.807, 2.05) is 0 Å². The van der Waals surface area contributed by atoms with Crippen LogP contribution in [0.3, 0.4) is 0 Å². The van der Waals surface area contributed by atoms with Gasteiger partial charge >= 0.3 is 0 Å². The Morgan fingerprint density at radius 1 is 1.38 bits per heavy atom. The van der Waals surface area contributed by atoms with Crippen molar-refractivity contribution in [1.29, 1.82) is 0 Å². The molecule has 1 aliphatic rings. The van der Waals surface area contributed by atoms with Gasteiger partial charge in [0, 0.05) is 25.6 Å². The zero-order chi connectivity index (χ0) is 16.9. The molecule has 0 bridgehead atoms. The van der Waals surface area contributed by atoms with E-state index in [-0.39, 0.29) is 18.5 Å². The molecule has 1 saturated heterocycles. The second-order valence-electron chi connectivity index (χ2n) is 6.07. The standard InChI is InChI=1S/C15H22N6O3/c1-10-6-15(24-19-10)18-14(22)7-16-12-4-3-5-21(8-12)9-13-17-11(2)23-20-13/h6,12,16H,3-5,7-9H2,1-2H3,(H,18,22)/t12-/m0/s1. The van der Waals surface area contributed by atoms with Crippen LogP contribution in [0.4, 0.5) is 5.88 Å². The van der Waals surface area contributed by atoms with Gasteiger partial charge in [-0.3, -0.25) is 15.0 Å². The zero-order valence-electron chi connectivity index (χ0n) is 13.9. The maximum Gasteiger partial charge on any atom is 0.240 e. The summed E-state index contributed by atoms with van der Waals surface area (Å²) < 4.78 is 9.97. The molecule has 9 nitrogen and oxygen atoms in total. The number of nitrogens with one attached hydrogen (secondary N) is 2. The summed E-state index contributed by atoms with van der Waals surface area (Å²) in [5.41, 5.74) is 0.734. The first-order valence-corrected chi connectivity index (χ1v) is 8.06. The Labute approximate surface area is 139 Å². The Bertz CT molecular complexity index is 682. The summed E-state index contributed by atoms with van der Waals surface area (Å²) in [6, 6.07) is 1.95. The predicted molar refractivity (Wildman–Crippen MR) is 85.2 cm³/mol. The van der Waals surface area contributed by atoms with Crippen LogP contribution in [-0.4, -0.2) is 51.8 Å². The van der Waals surface area contributed by atoms with Gasteiger partial charge in [-0.05, 0) is 26.3 Å². The van der Waals surface area contributed by atoms with Crippen molar-refractivity contribution >= 4 is 11.8 Å². The third-order valence-electron chi connectivity index (χ3n) is 3.88. The Hall–Kier alpha value is -2.26. The van der Waals surface area contributed by atoms with E-state index >= 15 is 0 Å². The molecular formula is C15H22N6O3. The van der Waals surface area contributed by atoms with Gasteiger partial charge in [-0.25, -0.2) is 0 Å². The summed E-state index contributed by atoms with van der Waals surface area (Å²) in [5.74, 6) is 1.51. The van der Waals surface area contributed by atoms with E-state index in [2.05, 4.69) is 30.8 Å². The maximum atomic E-state index is 11.9. The van der Waals surface area contributed by atoms with Gasteiger partial charge in [0.2, 0.25) is 17.7 Å². The number of likely N-dealkylation sites (tertiary alicyclic amines) is 1. The molecule has 1 amide bonds. The fraction of sp³-hybridized carbons (Fsp3) is 0.600. The number of aryl methyl sites for hydroxylation is 2. The number of carbonyl (C=O) groups is 1. The molecule has 1 fully saturated rings. The minimum Gasteiger partial charge on any atom is -0.340 e. The van der Waals surface area contributed by atoms with Crippen molar-refractivity contribution in [2.24, 2.45) is 0 Å². The summed E-state index contributed by atoms with van der Waals surface area (Å²) in [4.78, 5) is 18.4. The lowest BCUT2D eigenvalue weighted by atomic mass is 10.1. The van der Waals surface area contributed by atoms with Crippen molar-refractivity contribution in [1.82, 2.24) is 25.5 Å². The minimum absolute atomic E-state index is 0.142. The molecular weight excluding hydrogens is 312 g/mol. The summed E-state index contributed by atoms with van der Waals surface area (Å²) >= 11 is 0. The quantitative estimate of drug-likeness (QED) is 0.801. The van der Waals surface area contributed by atoms with Gasteiger partial charge in [-0.2, -0.15) is 4.98 Å². The average molecular weight is 334 g/mol. The van der Waals surface area contributed by atoms with Gasteiger partial charge in [-0.15, -0.1) is 0 Å². The topological polar surface area (TPSA) is 109 Å². The molecule has 0 aliphatic carbocycles. The lowest BCUT2D eigenvalue weighted by Gasteiger charge is -2.32. The molecule has 3 heterocycles. The Kier molecular flexibility index (Phi) is 5.21. The fourth-order valence-electron chi connectivity index (χ4n) is 2.81. The van der Waals surface area contributed by atoms with E-state index in [0.29, 0.717) is 24.1 Å². The summed E-state index contributed by atoms with van der Waals surface area (Å²) in [6.45, 7) is 6.33. The van der Waals surface area contributed by atoms with E-state index in [9.17, 15) is 4.79 Å². The van der Waals surface area contributed by atoms with E-state index in [1.165, 1.54) is 0 Å². The molecule has 9 heteroatoms. The lowest BCUT2D eigenvalue weighted by Crippen LogP contribution is -2.47. The van der Waals surface area contributed by atoms with Crippen LogP contribution in [0.1, 0.15) is 30.3 Å². The molecule has 0 saturated carbocycles. The Morgan fingerprint density at radius 3 is 2.96 bits per heavy atom. The highest BCUT2D eigenvalue weighted by Gasteiger charge is 2.21. The molecule has 24 heavy (non-hydrogen) atoms. The average Bonchev–Trinajstić information content (AvgIpc) is 3.14. The summed E-state index contributed by atoms with van der Waals surface area (Å²) in [5, 5.41) is 13.6. The van der Waals surface area contributed by atoms with Gasteiger partial charge in [0.1, 0.15) is 0 Å². The van der Waals surface area contributed by atoms with Crippen molar-refractivity contribution in [3.63, 3.8) is 0 Å². The highest BCUT2D eigenvalue weighted by molar-refractivity contribution is 5.90. The second kappa shape index (κ2) is 7.54. The molecule has 2 aromatic rings. The number of nitrogens with zero attached hydrogens (tertiary/aromatic N) is 4. The number of amides is 1. The monoisotopic (exact) mass is 334 g/mol. The number of hydrogen-bond donors (Lipinski definition) is 2. The van der Waals surface area contributed by atoms with Gasteiger partial charge in [0.05, 0.1) is 18.8 Å². The Balaban J connectivity index is 1.42. The largest absolute Gasteiger partial charge is 0.340 e. The normalized spacial score (nSPS) is 18.7. The van der Waals surface area contributed by atoms with Crippen LogP contribution in [0, 0.1) is 13.8 Å². The summed E-state index contributed by atoms with van der Waals surface area (Å²) in [6.07, 6.45) is 2.11. The van der Waals surface area contributed by atoms with Crippen LogP contribution < -0.4 is 10.6 Å². The van der Waals surface area contributed by atoms with Gasteiger partial charge in [0.25, 0.3) is 0 Å². The van der Waals surface area contributed by atoms with Crippen molar-refractivity contribution in [2.45, 2.75) is 39.3 Å². The van der Waals surface area contributed by atoms with Crippen molar-refractivity contribution in [2.75, 3.05) is 25.0 Å². The fourth-order valence-corrected chi connectivity index (χ4v) is 2.81. The van der Waals surface area contributed by atoms with Gasteiger partial charge in [-0.1, -0.05) is 10.3 Å². The zero-order valence-corrected chi connectivity index (χ0v) is 13.9. The Morgan fingerprint density at radius 2 is 2.25 bits per heavy atom. The molecule has 130 valence electrons. The van der Waals surface area contributed by atoms with Crippen LogP contribution in [0.5, 0.6) is 0 Å². The molecule has 1 aliphatic heterocycles. The predicted octanol–water partition coefficient (Wildman–Crippen LogP) is 0.867. The number of aromatic nitrogens is 3. The van der Waals surface area contributed by atoms with Crippen molar-refractivity contribution < 1.29 is 13.8 Å². The second-order valence-corrected chi connectivity index (χ2v) is 6.07. The molecule has 1 atom stereocenters. The molecule has 0 aromatic carbocycles. The number of piperidine rings is 1. The van der Waals surface area contributed by atoms with Crippen molar-refractivity contribution in [3.8, 4) is 0 Å². The lowest BCUT2D eigenvalue weighted by molar-refractivity contribution is -0.115. The third kappa shape index (κ3) is 4.62. The highest BCUT2D eigenvalue weighted by Crippen LogP contribution is 2.13. The highest BCUT2D eigenvalue weighted by atomic mass is 16.5. The van der Waals surface area contributed by atoms with Crippen LogP contribution in [0.15, 0.2) is 15.1 Å².